The van der Waals surface area contributed by atoms with Gasteiger partial charge in [0.05, 0.1) is 6.10 Å². The standard InChI is InChI=1S/C15H20F3NO2/c16-15(17,18)14(21)12-6-8-19(9-7-12)10-13(20)11-4-2-1-3-5-11/h1-5,12-14,20-21H,6-10H2. The third-order valence-corrected chi connectivity index (χ3v) is 4.03. The van der Waals surface area contributed by atoms with Crippen LogP contribution in [-0.4, -0.2) is 47.0 Å². The quantitative estimate of drug-likeness (QED) is 0.897. The Labute approximate surface area is 122 Å². The summed E-state index contributed by atoms with van der Waals surface area (Å²) in [5.41, 5.74) is 0.801. The Bertz CT molecular complexity index is 430. The van der Waals surface area contributed by atoms with E-state index in [4.69, 9.17) is 0 Å². The first kappa shape index (κ1) is 16.3. The van der Waals surface area contributed by atoms with Crippen molar-refractivity contribution >= 4 is 0 Å². The second-order valence-electron chi connectivity index (χ2n) is 5.55. The smallest absolute Gasteiger partial charge is 0.387 e. The number of rotatable bonds is 4. The van der Waals surface area contributed by atoms with E-state index in [1.165, 1.54) is 0 Å². The Morgan fingerprint density at radius 2 is 1.67 bits per heavy atom. The Kier molecular flexibility index (Phi) is 5.24. The molecule has 118 valence electrons. The van der Waals surface area contributed by atoms with Crippen LogP contribution >= 0.6 is 0 Å². The fourth-order valence-electron chi connectivity index (χ4n) is 2.74. The van der Waals surface area contributed by atoms with Crippen LogP contribution in [0.15, 0.2) is 30.3 Å². The van der Waals surface area contributed by atoms with Gasteiger partial charge in [0.2, 0.25) is 0 Å². The topological polar surface area (TPSA) is 43.7 Å². The van der Waals surface area contributed by atoms with Gasteiger partial charge in [-0.2, -0.15) is 13.2 Å². The highest BCUT2D eigenvalue weighted by atomic mass is 19.4. The first-order chi connectivity index (χ1) is 9.88. The SMILES string of the molecule is OC(CN1CCC(C(O)C(F)(F)F)CC1)c1ccccc1. The highest BCUT2D eigenvalue weighted by Gasteiger charge is 2.44. The summed E-state index contributed by atoms with van der Waals surface area (Å²) in [5, 5.41) is 19.4. The lowest BCUT2D eigenvalue weighted by atomic mass is 9.90. The number of halogens is 3. The van der Waals surface area contributed by atoms with Crippen LogP contribution in [0.4, 0.5) is 13.2 Å². The summed E-state index contributed by atoms with van der Waals surface area (Å²) in [7, 11) is 0. The minimum absolute atomic E-state index is 0.294. The van der Waals surface area contributed by atoms with Crippen LogP contribution in [0.1, 0.15) is 24.5 Å². The number of nitrogens with zero attached hydrogens (tertiary/aromatic N) is 1. The number of alkyl halides is 3. The van der Waals surface area contributed by atoms with E-state index in [0.717, 1.165) is 5.56 Å². The lowest BCUT2D eigenvalue weighted by molar-refractivity contribution is -0.223. The van der Waals surface area contributed by atoms with Gasteiger partial charge in [-0.1, -0.05) is 30.3 Å². The molecular formula is C15H20F3NO2. The summed E-state index contributed by atoms with van der Waals surface area (Å²) in [5.74, 6) is -0.741. The van der Waals surface area contributed by atoms with Crippen LogP contribution < -0.4 is 0 Å². The maximum atomic E-state index is 12.5. The number of benzene rings is 1. The van der Waals surface area contributed by atoms with Crippen LogP contribution in [0, 0.1) is 5.92 Å². The second kappa shape index (κ2) is 6.77. The fourth-order valence-corrected chi connectivity index (χ4v) is 2.74. The van der Waals surface area contributed by atoms with E-state index >= 15 is 0 Å². The van der Waals surface area contributed by atoms with Gasteiger partial charge in [-0.15, -0.1) is 0 Å². The van der Waals surface area contributed by atoms with E-state index in [1.807, 2.05) is 35.2 Å². The van der Waals surface area contributed by atoms with Crippen LogP contribution in [0.5, 0.6) is 0 Å². The number of aliphatic hydroxyl groups is 2. The molecule has 21 heavy (non-hydrogen) atoms. The van der Waals surface area contributed by atoms with E-state index < -0.39 is 24.3 Å². The molecule has 2 N–H and O–H groups in total. The normalized spacial score (nSPS) is 21.2. The maximum absolute atomic E-state index is 12.5. The summed E-state index contributed by atoms with van der Waals surface area (Å²) < 4.78 is 37.4. The van der Waals surface area contributed by atoms with Crippen LogP contribution in [0.3, 0.4) is 0 Å². The van der Waals surface area contributed by atoms with E-state index in [-0.39, 0.29) is 0 Å². The molecule has 0 bridgehead atoms. The molecule has 2 unspecified atom stereocenters. The monoisotopic (exact) mass is 303 g/mol. The first-order valence-corrected chi connectivity index (χ1v) is 7.08. The molecule has 2 atom stereocenters. The second-order valence-corrected chi connectivity index (χ2v) is 5.55. The van der Waals surface area contributed by atoms with Gasteiger partial charge in [0.25, 0.3) is 0 Å². The molecular weight excluding hydrogens is 283 g/mol. The molecule has 0 spiro atoms. The average Bonchev–Trinajstić information content (AvgIpc) is 2.47. The van der Waals surface area contributed by atoms with Gasteiger partial charge in [-0.25, -0.2) is 0 Å². The zero-order valence-electron chi connectivity index (χ0n) is 11.6. The molecule has 1 saturated heterocycles. The number of β-amino-alcohol motifs (C(OH)–C–C–N with tert-alkyl or cyclic N) is 1. The molecule has 1 aromatic rings. The fraction of sp³-hybridized carbons (Fsp3) is 0.600. The van der Waals surface area contributed by atoms with E-state index in [2.05, 4.69) is 0 Å². The van der Waals surface area contributed by atoms with Gasteiger partial charge in [-0.05, 0) is 37.4 Å². The van der Waals surface area contributed by atoms with E-state index in [0.29, 0.717) is 32.5 Å². The molecule has 1 heterocycles. The van der Waals surface area contributed by atoms with Crippen LogP contribution in [0.2, 0.25) is 0 Å². The highest BCUT2D eigenvalue weighted by molar-refractivity contribution is 5.17. The van der Waals surface area contributed by atoms with Crippen LogP contribution in [0.25, 0.3) is 0 Å². The summed E-state index contributed by atoms with van der Waals surface area (Å²) in [6.07, 6.45) is -6.84. The molecule has 3 nitrogen and oxygen atoms in total. The van der Waals surface area contributed by atoms with Crippen molar-refractivity contribution in [1.29, 1.82) is 0 Å². The van der Waals surface area contributed by atoms with Gasteiger partial charge >= 0.3 is 6.18 Å². The Balaban J connectivity index is 1.82. The van der Waals surface area contributed by atoms with Gasteiger partial charge in [-0.3, -0.25) is 0 Å². The minimum atomic E-state index is -4.55. The Hall–Kier alpha value is -1.11. The van der Waals surface area contributed by atoms with Crippen molar-refractivity contribution in [2.45, 2.75) is 31.2 Å². The maximum Gasteiger partial charge on any atom is 0.414 e. The molecule has 0 amide bonds. The number of piperidine rings is 1. The molecule has 1 fully saturated rings. The number of likely N-dealkylation sites (tertiary alicyclic amines) is 1. The molecule has 2 rings (SSSR count). The van der Waals surface area contributed by atoms with Crippen molar-refractivity contribution in [3.63, 3.8) is 0 Å². The predicted octanol–water partition coefficient (Wildman–Crippen LogP) is 2.36. The highest BCUT2D eigenvalue weighted by Crippen LogP contribution is 2.32. The summed E-state index contributed by atoms with van der Waals surface area (Å²) in [6.45, 7) is 1.32. The van der Waals surface area contributed by atoms with Crippen molar-refractivity contribution in [3.05, 3.63) is 35.9 Å². The molecule has 0 radical (unpaired) electrons. The predicted molar refractivity (Wildman–Crippen MR) is 72.6 cm³/mol. The summed E-state index contributed by atoms with van der Waals surface area (Å²) >= 11 is 0. The molecule has 1 aromatic carbocycles. The van der Waals surface area contributed by atoms with E-state index in [1.54, 1.807) is 0 Å². The van der Waals surface area contributed by atoms with Crippen molar-refractivity contribution in [2.75, 3.05) is 19.6 Å². The van der Waals surface area contributed by atoms with Crippen molar-refractivity contribution in [3.8, 4) is 0 Å². The number of aliphatic hydroxyl groups excluding tert-OH is 2. The average molecular weight is 303 g/mol. The lowest BCUT2D eigenvalue weighted by Gasteiger charge is -2.35. The number of hydrogen-bond donors (Lipinski definition) is 2. The molecule has 0 aromatic heterocycles. The zero-order chi connectivity index (χ0) is 15.5. The molecule has 0 aliphatic carbocycles. The van der Waals surface area contributed by atoms with Gasteiger partial charge in [0, 0.05) is 6.54 Å². The molecule has 0 saturated carbocycles. The zero-order valence-corrected chi connectivity index (χ0v) is 11.6. The van der Waals surface area contributed by atoms with Crippen LogP contribution in [-0.2, 0) is 0 Å². The molecule has 6 heteroatoms. The molecule has 1 aliphatic heterocycles. The largest absolute Gasteiger partial charge is 0.414 e. The summed E-state index contributed by atoms with van der Waals surface area (Å²) in [6, 6.07) is 9.19. The Morgan fingerprint density at radius 1 is 1.10 bits per heavy atom. The van der Waals surface area contributed by atoms with E-state index in [9.17, 15) is 23.4 Å². The molecule has 1 aliphatic rings. The van der Waals surface area contributed by atoms with Gasteiger partial charge < -0.3 is 15.1 Å². The lowest BCUT2D eigenvalue weighted by Crippen LogP contribution is -2.44. The Morgan fingerprint density at radius 3 is 2.19 bits per heavy atom. The number of hydrogen-bond acceptors (Lipinski definition) is 3. The van der Waals surface area contributed by atoms with Crippen molar-refractivity contribution in [2.24, 2.45) is 5.92 Å². The van der Waals surface area contributed by atoms with Crippen molar-refractivity contribution < 1.29 is 23.4 Å². The third-order valence-electron chi connectivity index (χ3n) is 4.03. The first-order valence-electron chi connectivity index (χ1n) is 7.08. The summed E-state index contributed by atoms with van der Waals surface area (Å²) in [4.78, 5) is 1.94. The third kappa shape index (κ3) is 4.43. The van der Waals surface area contributed by atoms with Gasteiger partial charge in [0.15, 0.2) is 6.10 Å². The van der Waals surface area contributed by atoms with Crippen molar-refractivity contribution in [1.82, 2.24) is 4.90 Å². The van der Waals surface area contributed by atoms with Gasteiger partial charge in [0.1, 0.15) is 0 Å². The minimum Gasteiger partial charge on any atom is -0.387 e.